The minimum Gasteiger partial charge on any atom is -0.337 e. The van der Waals surface area contributed by atoms with Crippen molar-refractivity contribution in [1.29, 1.82) is 0 Å². The summed E-state index contributed by atoms with van der Waals surface area (Å²) < 4.78 is 29.8. The highest BCUT2D eigenvalue weighted by molar-refractivity contribution is 6.33. The van der Waals surface area contributed by atoms with Crippen molar-refractivity contribution in [1.82, 2.24) is 14.5 Å². The Kier molecular flexibility index (Phi) is 5.68. The van der Waals surface area contributed by atoms with Crippen LogP contribution >= 0.6 is 11.6 Å². The summed E-state index contributed by atoms with van der Waals surface area (Å²) in [6.45, 7) is 6.10. The van der Waals surface area contributed by atoms with Gasteiger partial charge in [-0.15, -0.1) is 0 Å². The largest absolute Gasteiger partial charge is 0.337 e. The first kappa shape index (κ1) is 23.2. The maximum absolute atomic E-state index is 14.0. The van der Waals surface area contributed by atoms with Crippen molar-refractivity contribution in [2.24, 2.45) is 7.05 Å². The summed E-state index contributed by atoms with van der Waals surface area (Å²) in [4.78, 5) is 9.06. The molecule has 0 saturated heterocycles. The van der Waals surface area contributed by atoms with Gasteiger partial charge in [0.25, 0.3) is 0 Å². The molecule has 3 aromatic carbocycles. The van der Waals surface area contributed by atoms with Gasteiger partial charge in [0.1, 0.15) is 16.8 Å². The molecule has 0 fully saturated rings. The van der Waals surface area contributed by atoms with Gasteiger partial charge in [0.05, 0.1) is 23.0 Å². The van der Waals surface area contributed by atoms with Crippen LogP contribution in [0.3, 0.4) is 0 Å². The molecule has 2 heterocycles. The van der Waals surface area contributed by atoms with E-state index in [1.165, 1.54) is 24.3 Å². The fourth-order valence-electron chi connectivity index (χ4n) is 5.01. The topological polar surface area (TPSA) is 30.7 Å². The summed E-state index contributed by atoms with van der Waals surface area (Å²) >= 11 is 6.63. The zero-order chi connectivity index (χ0) is 24.9. The number of rotatable bonds is 4. The molecule has 0 amide bonds. The first-order valence-electron chi connectivity index (χ1n) is 11.3. The second-order valence-corrected chi connectivity index (χ2v) is 9.48. The molecule has 0 aliphatic rings. The van der Waals surface area contributed by atoms with Crippen LogP contribution in [-0.4, -0.2) is 14.5 Å². The van der Waals surface area contributed by atoms with Crippen LogP contribution in [0.4, 0.5) is 8.78 Å². The number of benzene rings is 3. The summed E-state index contributed by atoms with van der Waals surface area (Å²) in [6, 6.07) is 17.2. The third-order valence-corrected chi connectivity index (χ3v) is 7.21. The Morgan fingerprint density at radius 3 is 2.31 bits per heavy atom. The summed E-state index contributed by atoms with van der Waals surface area (Å²) in [5, 5.41) is 1.27. The average Bonchev–Trinajstić information content (AvgIpc) is 3.26. The normalized spacial score (nSPS) is 13.2. The zero-order valence-corrected chi connectivity index (χ0v) is 20.7. The van der Waals surface area contributed by atoms with Crippen molar-refractivity contribution in [2.75, 3.05) is 0 Å². The first-order chi connectivity index (χ1) is 16.7. The van der Waals surface area contributed by atoms with Gasteiger partial charge in [-0.2, -0.15) is 0 Å². The van der Waals surface area contributed by atoms with Crippen LogP contribution in [0.1, 0.15) is 34.9 Å². The number of pyridine rings is 1. The van der Waals surface area contributed by atoms with Gasteiger partial charge < -0.3 is 4.57 Å². The van der Waals surface area contributed by atoms with E-state index in [2.05, 4.69) is 24.0 Å². The van der Waals surface area contributed by atoms with Crippen molar-refractivity contribution in [3.63, 3.8) is 0 Å². The van der Waals surface area contributed by atoms with Crippen LogP contribution in [0.2, 0.25) is 5.15 Å². The van der Waals surface area contributed by atoms with Crippen LogP contribution in [0, 0.1) is 25.5 Å². The van der Waals surface area contributed by atoms with Gasteiger partial charge >= 0.3 is 0 Å². The zero-order valence-electron chi connectivity index (χ0n) is 19.9. The predicted octanol–water partition coefficient (Wildman–Crippen LogP) is 7.54. The van der Waals surface area contributed by atoms with E-state index in [1.54, 1.807) is 12.4 Å². The lowest BCUT2D eigenvalue weighted by Crippen LogP contribution is -2.28. The molecule has 6 heteroatoms. The highest BCUT2D eigenvalue weighted by atomic mass is 35.5. The molecule has 5 aromatic rings. The molecule has 1 atom stereocenters. The van der Waals surface area contributed by atoms with Gasteiger partial charge in [-0.05, 0) is 78.9 Å². The lowest BCUT2D eigenvalue weighted by Gasteiger charge is -2.32. The van der Waals surface area contributed by atoms with E-state index in [1.807, 2.05) is 49.9 Å². The van der Waals surface area contributed by atoms with Gasteiger partial charge in [-0.1, -0.05) is 41.9 Å². The summed E-state index contributed by atoms with van der Waals surface area (Å²) in [7, 11) is 1.95. The molecular weight excluding hydrogens is 464 g/mol. The number of imidazole rings is 1. The predicted molar refractivity (Wildman–Crippen MR) is 137 cm³/mol. The van der Waals surface area contributed by atoms with Crippen LogP contribution in [-0.2, 0) is 12.5 Å². The SMILES string of the molecule is Cc1c(-c2cccc(F)c2)c(Cl)nc2c(C)cc(C(C)(c3ccc(F)cc3)c3cncn3C)cc12. The second-order valence-electron chi connectivity index (χ2n) is 9.12. The number of hydrogen-bond acceptors (Lipinski definition) is 2. The average molecular weight is 488 g/mol. The van der Waals surface area contributed by atoms with Crippen molar-refractivity contribution >= 4 is 22.5 Å². The Bertz CT molecular complexity index is 1570. The van der Waals surface area contributed by atoms with Gasteiger partial charge in [0, 0.05) is 24.2 Å². The van der Waals surface area contributed by atoms with E-state index < -0.39 is 5.41 Å². The minimum atomic E-state index is -0.622. The second kappa shape index (κ2) is 8.58. The van der Waals surface area contributed by atoms with Crippen molar-refractivity contribution in [3.05, 3.63) is 118 Å². The molecule has 176 valence electrons. The molecule has 0 spiro atoms. The Balaban J connectivity index is 1.82. The van der Waals surface area contributed by atoms with Gasteiger partial charge in [-0.3, -0.25) is 0 Å². The molecule has 0 aliphatic heterocycles. The molecule has 2 aromatic heterocycles. The molecule has 0 radical (unpaired) electrons. The molecule has 0 bridgehead atoms. The maximum Gasteiger partial charge on any atom is 0.137 e. The number of aryl methyl sites for hydroxylation is 3. The third kappa shape index (κ3) is 3.80. The van der Waals surface area contributed by atoms with Crippen LogP contribution in [0.15, 0.2) is 73.2 Å². The molecule has 1 unspecified atom stereocenters. The van der Waals surface area contributed by atoms with Crippen LogP contribution in [0.5, 0.6) is 0 Å². The van der Waals surface area contributed by atoms with Gasteiger partial charge in [0.2, 0.25) is 0 Å². The number of halogens is 3. The fourth-order valence-corrected chi connectivity index (χ4v) is 5.35. The minimum absolute atomic E-state index is 0.287. The third-order valence-electron chi connectivity index (χ3n) is 6.94. The molecule has 35 heavy (non-hydrogen) atoms. The van der Waals surface area contributed by atoms with E-state index >= 15 is 0 Å². The Hall–Kier alpha value is -3.57. The molecule has 3 nitrogen and oxygen atoms in total. The molecule has 5 rings (SSSR count). The van der Waals surface area contributed by atoms with E-state index in [-0.39, 0.29) is 11.6 Å². The van der Waals surface area contributed by atoms with Crippen LogP contribution in [0.25, 0.3) is 22.0 Å². The Morgan fingerprint density at radius 1 is 0.914 bits per heavy atom. The van der Waals surface area contributed by atoms with E-state index in [4.69, 9.17) is 16.6 Å². The lowest BCUT2D eigenvalue weighted by atomic mass is 9.72. The summed E-state index contributed by atoms with van der Waals surface area (Å²) in [6.07, 6.45) is 3.60. The maximum atomic E-state index is 14.0. The number of hydrogen-bond donors (Lipinski definition) is 0. The number of aromatic nitrogens is 3. The number of fused-ring (bicyclic) bond motifs is 1. The first-order valence-corrected chi connectivity index (χ1v) is 11.7. The number of nitrogens with zero attached hydrogens (tertiary/aromatic N) is 3. The Morgan fingerprint density at radius 2 is 1.66 bits per heavy atom. The van der Waals surface area contributed by atoms with Crippen molar-refractivity contribution in [3.8, 4) is 11.1 Å². The van der Waals surface area contributed by atoms with Crippen molar-refractivity contribution < 1.29 is 8.78 Å². The summed E-state index contributed by atoms with van der Waals surface area (Å²) in [5.74, 6) is -0.617. The fraction of sp³-hybridized carbons (Fsp3) is 0.172. The quantitative estimate of drug-likeness (QED) is 0.245. The van der Waals surface area contributed by atoms with E-state index in [0.717, 1.165) is 38.9 Å². The smallest absolute Gasteiger partial charge is 0.137 e. The standard InChI is InChI=1S/C29H24ClF2N3/c1-17-12-21(29(3,25-15-33-16-35(25)4)20-8-10-22(31)11-9-20)14-24-18(2)26(28(30)34-27(17)24)19-6-5-7-23(32)13-19/h5-16H,1-4H3. The van der Waals surface area contributed by atoms with E-state index in [0.29, 0.717) is 16.3 Å². The van der Waals surface area contributed by atoms with Gasteiger partial charge in [0.15, 0.2) is 0 Å². The van der Waals surface area contributed by atoms with Crippen LogP contribution < -0.4 is 0 Å². The molecule has 0 N–H and O–H groups in total. The molecule has 0 aliphatic carbocycles. The highest BCUT2D eigenvalue weighted by Gasteiger charge is 2.35. The monoisotopic (exact) mass is 487 g/mol. The van der Waals surface area contributed by atoms with E-state index in [9.17, 15) is 8.78 Å². The summed E-state index contributed by atoms with van der Waals surface area (Å²) in [5.41, 5.74) is 6.35. The Labute approximate surface area is 208 Å². The van der Waals surface area contributed by atoms with Crippen molar-refractivity contribution in [2.45, 2.75) is 26.2 Å². The molecular formula is C29H24ClF2N3. The molecule has 0 saturated carbocycles. The van der Waals surface area contributed by atoms with Gasteiger partial charge in [-0.25, -0.2) is 18.7 Å². The highest BCUT2D eigenvalue weighted by Crippen LogP contribution is 2.42. The lowest BCUT2D eigenvalue weighted by molar-refractivity contribution is 0.609.